The number of hydrogen-bond donors (Lipinski definition) is 1. The molecular weight excluding hydrogens is 126 g/mol. The van der Waals surface area contributed by atoms with Crippen LogP contribution in [0.4, 0.5) is 0 Å². The molecule has 0 saturated carbocycles. The molecule has 1 unspecified atom stereocenters. The Morgan fingerprint density at radius 1 is 1.50 bits per heavy atom. The van der Waals surface area contributed by atoms with Crippen LogP contribution in [0.15, 0.2) is 0 Å². The lowest BCUT2D eigenvalue weighted by molar-refractivity contribution is 0.144. The van der Waals surface area contributed by atoms with E-state index in [1.807, 2.05) is 0 Å². The lowest BCUT2D eigenvalue weighted by Gasteiger charge is -2.27. The maximum absolute atomic E-state index is 5.07. The highest BCUT2D eigenvalue weighted by atomic mass is 16.5. The summed E-state index contributed by atoms with van der Waals surface area (Å²) in [6.45, 7) is 3.10. The summed E-state index contributed by atoms with van der Waals surface area (Å²) in [7, 11) is 1.76. The fourth-order valence-electron chi connectivity index (χ4n) is 1.57. The average molecular weight is 143 g/mol. The van der Waals surface area contributed by atoms with Crippen LogP contribution in [0.5, 0.6) is 0 Å². The van der Waals surface area contributed by atoms with Gasteiger partial charge in [-0.2, -0.15) is 0 Å². The summed E-state index contributed by atoms with van der Waals surface area (Å²) < 4.78 is 5.07. The van der Waals surface area contributed by atoms with E-state index < -0.39 is 0 Å². The van der Waals surface area contributed by atoms with Crippen molar-refractivity contribution in [1.82, 2.24) is 5.32 Å². The number of hydrogen-bond acceptors (Lipinski definition) is 2. The molecule has 0 aromatic heterocycles. The first kappa shape index (κ1) is 8.02. The number of methoxy groups -OCH3 is 1. The highest BCUT2D eigenvalue weighted by molar-refractivity contribution is 4.76. The monoisotopic (exact) mass is 143 g/mol. The van der Waals surface area contributed by atoms with E-state index in [9.17, 15) is 0 Å². The van der Waals surface area contributed by atoms with Crippen LogP contribution < -0.4 is 5.32 Å². The second-order valence-corrected chi connectivity index (χ2v) is 3.15. The van der Waals surface area contributed by atoms with Crippen LogP contribution >= 0.6 is 0 Å². The van der Waals surface area contributed by atoms with Crippen molar-refractivity contribution in [1.29, 1.82) is 0 Å². The molecular formula is C8H17NO. The first-order chi connectivity index (χ1) is 4.83. The zero-order chi connectivity index (χ0) is 7.40. The van der Waals surface area contributed by atoms with E-state index in [1.54, 1.807) is 7.11 Å². The smallest absolute Gasteiger partial charge is 0.0615 e. The van der Waals surface area contributed by atoms with Crippen molar-refractivity contribution in [3.8, 4) is 0 Å². The Morgan fingerprint density at radius 2 is 2.30 bits per heavy atom. The van der Waals surface area contributed by atoms with Crippen molar-refractivity contribution in [2.45, 2.75) is 38.3 Å². The quantitative estimate of drug-likeness (QED) is 0.626. The number of piperidine rings is 1. The summed E-state index contributed by atoms with van der Waals surface area (Å²) in [5.74, 6) is 0. The van der Waals surface area contributed by atoms with Gasteiger partial charge < -0.3 is 10.1 Å². The fraction of sp³-hybridized carbons (Fsp3) is 1.00. The zero-order valence-corrected chi connectivity index (χ0v) is 6.89. The van der Waals surface area contributed by atoms with Gasteiger partial charge in [0.1, 0.15) is 0 Å². The molecule has 0 radical (unpaired) electrons. The molecule has 0 bridgehead atoms. The van der Waals surface area contributed by atoms with Gasteiger partial charge in [-0.05, 0) is 19.8 Å². The zero-order valence-electron chi connectivity index (χ0n) is 6.89. The topological polar surface area (TPSA) is 21.3 Å². The van der Waals surface area contributed by atoms with Gasteiger partial charge in [-0.25, -0.2) is 0 Å². The third kappa shape index (κ3) is 2.27. The molecule has 1 fully saturated rings. The SMILES string of the molecule is COCC1CCC[C@H](C)N1. The molecule has 2 atom stereocenters. The van der Waals surface area contributed by atoms with Gasteiger partial charge in [0.25, 0.3) is 0 Å². The van der Waals surface area contributed by atoms with Crippen molar-refractivity contribution in [2.24, 2.45) is 0 Å². The molecule has 1 N–H and O–H groups in total. The Labute approximate surface area is 63.0 Å². The molecule has 0 aromatic rings. The van der Waals surface area contributed by atoms with Gasteiger partial charge in [0, 0.05) is 19.2 Å². The van der Waals surface area contributed by atoms with Crippen molar-refractivity contribution in [2.75, 3.05) is 13.7 Å². The van der Waals surface area contributed by atoms with Crippen LogP contribution in [-0.4, -0.2) is 25.8 Å². The highest BCUT2D eigenvalue weighted by Gasteiger charge is 2.16. The third-order valence-electron chi connectivity index (χ3n) is 2.08. The maximum atomic E-state index is 5.07. The standard InChI is InChI=1S/C8H17NO/c1-7-4-3-5-8(9-7)6-10-2/h7-9H,3-6H2,1-2H3/t7-,8?/m0/s1. The van der Waals surface area contributed by atoms with Gasteiger partial charge in [-0.15, -0.1) is 0 Å². The molecule has 1 aliphatic heterocycles. The number of nitrogens with one attached hydrogen (secondary N) is 1. The van der Waals surface area contributed by atoms with E-state index in [1.165, 1.54) is 19.3 Å². The van der Waals surface area contributed by atoms with E-state index in [2.05, 4.69) is 12.2 Å². The van der Waals surface area contributed by atoms with Gasteiger partial charge >= 0.3 is 0 Å². The summed E-state index contributed by atoms with van der Waals surface area (Å²) in [5, 5.41) is 3.49. The molecule has 0 amide bonds. The Balaban J connectivity index is 2.18. The normalized spacial score (nSPS) is 34.2. The second kappa shape index (κ2) is 3.94. The Morgan fingerprint density at radius 3 is 2.90 bits per heavy atom. The number of rotatable bonds is 2. The molecule has 1 rings (SSSR count). The molecule has 10 heavy (non-hydrogen) atoms. The van der Waals surface area contributed by atoms with E-state index >= 15 is 0 Å². The highest BCUT2D eigenvalue weighted by Crippen LogP contribution is 2.11. The van der Waals surface area contributed by atoms with E-state index in [0.717, 1.165) is 6.61 Å². The van der Waals surface area contributed by atoms with Crippen LogP contribution in [0.3, 0.4) is 0 Å². The second-order valence-electron chi connectivity index (χ2n) is 3.15. The third-order valence-corrected chi connectivity index (χ3v) is 2.08. The lowest BCUT2D eigenvalue weighted by Crippen LogP contribution is -2.42. The average Bonchev–Trinajstić information content (AvgIpc) is 1.88. The van der Waals surface area contributed by atoms with Crippen LogP contribution in [-0.2, 0) is 4.74 Å². The molecule has 2 nitrogen and oxygen atoms in total. The Kier molecular flexibility index (Phi) is 3.16. The first-order valence-electron chi connectivity index (χ1n) is 4.08. The van der Waals surface area contributed by atoms with Gasteiger partial charge in [0.05, 0.1) is 6.61 Å². The summed E-state index contributed by atoms with van der Waals surface area (Å²) in [5.41, 5.74) is 0. The van der Waals surface area contributed by atoms with Crippen LogP contribution in [0.1, 0.15) is 26.2 Å². The van der Waals surface area contributed by atoms with Gasteiger partial charge in [-0.1, -0.05) is 6.42 Å². The minimum Gasteiger partial charge on any atom is -0.383 e. The van der Waals surface area contributed by atoms with Crippen molar-refractivity contribution < 1.29 is 4.74 Å². The van der Waals surface area contributed by atoms with Gasteiger partial charge in [-0.3, -0.25) is 0 Å². The Hall–Kier alpha value is -0.0800. The summed E-state index contributed by atoms with van der Waals surface area (Å²) in [4.78, 5) is 0. The summed E-state index contributed by atoms with van der Waals surface area (Å²) >= 11 is 0. The van der Waals surface area contributed by atoms with E-state index in [4.69, 9.17) is 4.74 Å². The molecule has 1 saturated heterocycles. The largest absolute Gasteiger partial charge is 0.383 e. The van der Waals surface area contributed by atoms with Crippen molar-refractivity contribution in [3.63, 3.8) is 0 Å². The molecule has 1 heterocycles. The lowest BCUT2D eigenvalue weighted by atomic mass is 10.0. The maximum Gasteiger partial charge on any atom is 0.0615 e. The molecule has 60 valence electrons. The van der Waals surface area contributed by atoms with E-state index in [0.29, 0.717) is 12.1 Å². The summed E-state index contributed by atoms with van der Waals surface area (Å²) in [6, 6.07) is 1.29. The van der Waals surface area contributed by atoms with Crippen molar-refractivity contribution >= 4 is 0 Å². The van der Waals surface area contributed by atoms with E-state index in [-0.39, 0.29) is 0 Å². The summed E-state index contributed by atoms with van der Waals surface area (Å²) in [6.07, 6.45) is 3.95. The molecule has 2 heteroatoms. The minimum atomic E-state index is 0.605. The van der Waals surface area contributed by atoms with Crippen LogP contribution in [0.25, 0.3) is 0 Å². The minimum absolute atomic E-state index is 0.605. The van der Waals surface area contributed by atoms with Crippen LogP contribution in [0, 0.1) is 0 Å². The predicted molar refractivity (Wildman–Crippen MR) is 42.1 cm³/mol. The van der Waals surface area contributed by atoms with Gasteiger partial charge in [0.2, 0.25) is 0 Å². The Bertz CT molecular complexity index is 93.3. The van der Waals surface area contributed by atoms with Gasteiger partial charge in [0.15, 0.2) is 0 Å². The van der Waals surface area contributed by atoms with Crippen molar-refractivity contribution in [3.05, 3.63) is 0 Å². The molecule has 0 aliphatic carbocycles. The molecule has 1 aliphatic rings. The first-order valence-corrected chi connectivity index (χ1v) is 4.08. The predicted octanol–water partition coefficient (Wildman–Crippen LogP) is 1.16. The molecule has 0 spiro atoms. The fourth-order valence-corrected chi connectivity index (χ4v) is 1.57. The number of ether oxygens (including phenoxy) is 1. The molecule has 0 aromatic carbocycles. The van der Waals surface area contributed by atoms with Crippen LogP contribution in [0.2, 0.25) is 0 Å².